The first-order chi connectivity index (χ1) is 14.3. The number of fused-ring (bicyclic) bond motifs is 3. The van der Waals surface area contributed by atoms with Crippen LogP contribution >= 0.6 is 0 Å². The Bertz CT molecular complexity index is 1250. The predicted molar refractivity (Wildman–Crippen MR) is 121 cm³/mol. The van der Waals surface area contributed by atoms with Gasteiger partial charge in [-0.1, -0.05) is 25.1 Å². The molecule has 2 heterocycles. The van der Waals surface area contributed by atoms with Crippen LogP contribution in [-0.2, 0) is 35.5 Å². The lowest BCUT2D eigenvalue weighted by molar-refractivity contribution is 0.601. The van der Waals surface area contributed by atoms with Gasteiger partial charge in [-0.05, 0) is 53.8 Å². The van der Waals surface area contributed by atoms with Crippen molar-refractivity contribution >= 4 is 21.2 Å². The summed E-state index contributed by atoms with van der Waals surface area (Å²) in [6.45, 7) is 2.88. The number of anilines is 2. The van der Waals surface area contributed by atoms with Gasteiger partial charge in [0.1, 0.15) is 11.8 Å². The normalized spacial score (nSPS) is 13.3. The summed E-state index contributed by atoms with van der Waals surface area (Å²) in [4.78, 5) is 2.26. The summed E-state index contributed by atoms with van der Waals surface area (Å²) >= 11 is 0. The van der Waals surface area contributed by atoms with Gasteiger partial charge in [0.25, 0.3) is 0 Å². The average Bonchev–Trinajstić information content (AvgIpc) is 2.94. The summed E-state index contributed by atoms with van der Waals surface area (Å²) in [6.07, 6.45) is 4.97. The zero-order valence-electron chi connectivity index (χ0n) is 17.5. The van der Waals surface area contributed by atoms with Crippen LogP contribution in [0.15, 0.2) is 48.7 Å². The Kier molecular flexibility index (Phi) is 5.17. The van der Waals surface area contributed by atoms with E-state index in [0.29, 0.717) is 5.69 Å². The minimum Gasteiger partial charge on any atom is -0.342 e. The van der Waals surface area contributed by atoms with Crippen LogP contribution in [0.25, 0.3) is 11.1 Å². The molecule has 1 aliphatic rings. The molecule has 5 nitrogen and oxygen atoms in total. The molecule has 1 aliphatic heterocycles. The molecule has 0 unspecified atom stereocenters. The number of aryl methyl sites for hydroxylation is 2. The molecule has 0 spiro atoms. The van der Waals surface area contributed by atoms with E-state index in [1.807, 2.05) is 36.0 Å². The van der Waals surface area contributed by atoms with Crippen molar-refractivity contribution in [1.82, 2.24) is 4.57 Å². The largest absolute Gasteiger partial charge is 0.342 e. The molecule has 154 valence electrons. The fraction of sp³-hybridized carbons (Fsp3) is 0.292. The van der Waals surface area contributed by atoms with Crippen molar-refractivity contribution in [2.45, 2.75) is 25.5 Å². The van der Waals surface area contributed by atoms with Crippen molar-refractivity contribution in [1.29, 1.82) is 5.26 Å². The molecular weight excluding hydrogens is 394 g/mol. The molecule has 4 rings (SSSR count). The Morgan fingerprint density at radius 3 is 2.40 bits per heavy atom. The first-order valence-corrected chi connectivity index (χ1v) is 12.1. The Labute approximate surface area is 178 Å². The quantitative estimate of drug-likeness (QED) is 0.630. The van der Waals surface area contributed by atoms with Gasteiger partial charge in [-0.15, -0.1) is 0 Å². The summed E-state index contributed by atoms with van der Waals surface area (Å²) in [6, 6.07) is 16.8. The monoisotopic (exact) mass is 419 g/mol. The summed E-state index contributed by atoms with van der Waals surface area (Å²) in [5, 5.41) is 9.69. The van der Waals surface area contributed by atoms with Crippen molar-refractivity contribution < 1.29 is 8.42 Å². The number of aromatic nitrogens is 1. The lowest BCUT2D eigenvalue weighted by Crippen LogP contribution is -2.19. The molecule has 0 saturated carbocycles. The Morgan fingerprint density at radius 1 is 1.07 bits per heavy atom. The van der Waals surface area contributed by atoms with Gasteiger partial charge < -0.3 is 9.47 Å². The van der Waals surface area contributed by atoms with E-state index < -0.39 is 9.84 Å². The highest BCUT2D eigenvalue weighted by molar-refractivity contribution is 7.89. The maximum absolute atomic E-state index is 11.9. The van der Waals surface area contributed by atoms with Crippen molar-refractivity contribution in [2.75, 3.05) is 17.7 Å². The fourth-order valence-corrected chi connectivity index (χ4v) is 5.04. The zero-order chi connectivity index (χ0) is 21.5. The SMILES string of the molecule is CCc1ccc(N2CCc3c(cn(C)c3C#N)-c3cc(CS(C)(=O)=O)ccc32)cc1. The third kappa shape index (κ3) is 3.73. The fourth-order valence-electron chi connectivity index (χ4n) is 4.26. The lowest BCUT2D eigenvalue weighted by atomic mass is 9.99. The summed E-state index contributed by atoms with van der Waals surface area (Å²) in [5.41, 5.74) is 7.83. The molecule has 2 aromatic carbocycles. The molecule has 0 aliphatic carbocycles. The van der Waals surface area contributed by atoms with Crippen molar-refractivity contribution in [3.8, 4) is 17.2 Å². The summed E-state index contributed by atoms with van der Waals surface area (Å²) in [7, 11) is -1.26. The van der Waals surface area contributed by atoms with Crippen LogP contribution in [0.5, 0.6) is 0 Å². The van der Waals surface area contributed by atoms with Gasteiger partial charge >= 0.3 is 0 Å². The predicted octanol–water partition coefficient (Wildman–Crippen LogP) is 4.36. The van der Waals surface area contributed by atoms with Crippen LogP contribution in [0.3, 0.4) is 0 Å². The molecule has 0 N–H and O–H groups in total. The second-order valence-corrected chi connectivity index (χ2v) is 10.1. The highest BCUT2D eigenvalue weighted by Gasteiger charge is 2.25. The zero-order valence-corrected chi connectivity index (χ0v) is 18.3. The van der Waals surface area contributed by atoms with E-state index in [4.69, 9.17) is 0 Å². The summed E-state index contributed by atoms with van der Waals surface area (Å²) in [5.74, 6) is -0.00124. The van der Waals surface area contributed by atoms with Crippen LogP contribution in [0.4, 0.5) is 11.4 Å². The van der Waals surface area contributed by atoms with Crippen LogP contribution < -0.4 is 4.90 Å². The Hall–Kier alpha value is -3.04. The number of rotatable bonds is 4. The number of hydrogen-bond acceptors (Lipinski definition) is 4. The van der Waals surface area contributed by atoms with Gasteiger partial charge in [-0.2, -0.15) is 5.26 Å². The first kappa shape index (κ1) is 20.2. The molecule has 30 heavy (non-hydrogen) atoms. The van der Waals surface area contributed by atoms with E-state index in [9.17, 15) is 13.7 Å². The van der Waals surface area contributed by atoms with Crippen molar-refractivity contribution in [2.24, 2.45) is 7.05 Å². The Balaban J connectivity index is 1.90. The molecule has 0 amide bonds. The first-order valence-electron chi connectivity index (χ1n) is 10.1. The van der Waals surface area contributed by atoms with Crippen LogP contribution in [0.1, 0.15) is 29.3 Å². The molecule has 0 atom stereocenters. The minimum absolute atomic E-state index is 0.00124. The summed E-state index contributed by atoms with van der Waals surface area (Å²) < 4.78 is 25.6. The van der Waals surface area contributed by atoms with E-state index >= 15 is 0 Å². The number of sulfone groups is 1. The molecule has 0 bridgehead atoms. The van der Waals surface area contributed by atoms with Crippen molar-refractivity contribution in [3.63, 3.8) is 0 Å². The van der Waals surface area contributed by atoms with Gasteiger partial charge in [-0.25, -0.2) is 8.42 Å². The maximum Gasteiger partial charge on any atom is 0.151 e. The number of hydrogen-bond donors (Lipinski definition) is 0. The third-order valence-corrected chi connectivity index (χ3v) is 6.56. The van der Waals surface area contributed by atoms with E-state index in [1.165, 1.54) is 11.8 Å². The second-order valence-electron chi connectivity index (χ2n) is 7.94. The number of nitrogens with zero attached hydrogens (tertiary/aromatic N) is 3. The molecule has 3 aromatic rings. The minimum atomic E-state index is -3.14. The lowest BCUT2D eigenvalue weighted by Gasteiger charge is -2.26. The van der Waals surface area contributed by atoms with E-state index in [0.717, 1.165) is 53.0 Å². The smallest absolute Gasteiger partial charge is 0.151 e. The molecule has 6 heteroatoms. The average molecular weight is 420 g/mol. The van der Waals surface area contributed by atoms with E-state index in [-0.39, 0.29) is 5.75 Å². The molecular formula is C24H25N3O2S. The van der Waals surface area contributed by atoms with Gasteiger partial charge in [0, 0.05) is 48.5 Å². The van der Waals surface area contributed by atoms with Gasteiger partial charge in [0.15, 0.2) is 9.84 Å². The third-order valence-electron chi connectivity index (χ3n) is 5.70. The molecule has 0 radical (unpaired) electrons. The highest BCUT2D eigenvalue weighted by atomic mass is 32.2. The maximum atomic E-state index is 11.9. The highest BCUT2D eigenvalue weighted by Crippen LogP contribution is 2.42. The molecule has 0 saturated heterocycles. The van der Waals surface area contributed by atoms with Gasteiger partial charge in [0.05, 0.1) is 5.75 Å². The number of nitriles is 1. The second kappa shape index (κ2) is 7.66. The number of benzene rings is 2. The van der Waals surface area contributed by atoms with Crippen LogP contribution in [0, 0.1) is 11.3 Å². The molecule has 1 aromatic heterocycles. The van der Waals surface area contributed by atoms with Gasteiger partial charge in [-0.3, -0.25) is 0 Å². The van der Waals surface area contributed by atoms with E-state index in [1.54, 1.807) is 0 Å². The topological polar surface area (TPSA) is 66.1 Å². The Morgan fingerprint density at radius 2 is 1.77 bits per heavy atom. The van der Waals surface area contributed by atoms with Crippen LogP contribution in [0.2, 0.25) is 0 Å². The van der Waals surface area contributed by atoms with E-state index in [2.05, 4.69) is 42.2 Å². The molecule has 0 fully saturated rings. The van der Waals surface area contributed by atoms with Gasteiger partial charge in [0.2, 0.25) is 0 Å². The van der Waals surface area contributed by atoms with Crippen molar-refractivity contribution in [3.05, 3.63) is 71.0 Å². The standard InChI is InChI=1S/C24H25N3O2S/c1-4-17-5-8-19(9-6-17)27-12-11-20-22(15-26(2)24(20)14-25)21-13-18(7-10-23(21)27)16-30(3,28)29/h5-10,13,15H,4,11-12,16H2,1-3H3. The van der Waals surface area contributed by atoms with Crippen LogP contribution in [-0.4, -0.2) is 25.8 Å².